The van der Waals surface area contributed by atoms with Crippen LogP contribution in [0.15, 0.2) is 35.4 Å². The fourth-order valence-corrected chi connectivity index (χ4v) is 4.32. The Kier molecular flexibility index (Phi) is 5.49. The van der Waals surface area contributed by atoms with E-state index in [1.165, 1.54) is 10.7 Å². The molecule has 2 fully saturated rings. The van der Waals surface area contributed by atoms with Crippen LogP contribution in [0.2, 0.25) is 0 Å². The first-order chi connectivity index (χ1) is 15.9. The van der Waals surface area contributed by atoms with Crippen LogP contribution in [0, 0.1) is 0 Å². The lowest BCUT2D eigenvalue weighted by Crippen LogP contribution is -2.37. The van der Waals surface area contributed by atoms with E-state index in [2.05, 4.69) is 38.0 Å². The van der Waals surface area contributed by atoms with Crippen molar-refractivity contribution in [3.8, 4) is 0 Å². The van der Waals surface area contributed by atoms with Gasteiger partial charge < -0.3 is 25.4 Å². The summed E-state index contributed by atoms with van der Waals surface area (Å²) in [5.41, 5.74) is 0.820. The van der Waals surface area contributed by atoms with Gasteiger partial charge >= 0.3 is 0 Å². The minimum absolute atomic E-state index is 0.119. The first kappa shape index (κ1) is 21.4. The number of hydrogen-bond donors (Lipinski definition) is 3. The van der Waals surface area contributed by atoms with Crippen molar-refractivity contribution in [3.63, 3.8) is 0 Å². The van der Waals surface area contributed by atoms with Crippen LogP contribution in [0.5, 0.6) is 0 Å². The highest BCUT2D eigenvalue weighted by Gasteiger charge is 2.39. The number of fused-ring (bicyclic) bond motifs is 1. The summed E-state index contributed by atoms with van der Waals surface area (Å²) in [4.78, 5) is 32.6. The molecule has 3 N–H and O–H groups in total. The van der Waals surface area contributed by atoms with E-state index >= 15 is 0 Å². The summed E-state index contributed by atoms with van der Waals surface area (Å²) in [5, 5.41) is 13.0. The number of aromatic nitrogens is 4. The monoisotopic (exact) mass is 454 g/mol. The van der Waals surface area contributed by atoms with E-state index in [-0.39, 0.29) is 17.2 Å². The maximum absolute atomic E-state index is 13.2. The summed E-state index contributed by atoms with van der Waals surface area (Å²) < 4.78 is 16.5. The number of amides is 1. The predicted molar refractivity (Wildman–Crippen MR) is 123 cm³/mol. The molecule has 1 aliphatic heterocycles. The van der Waals surface area contributed by atoms with Crippen molar-refractivity contribution in [3.05, 3.63) is 46.5 Å². The van der Waals surface area contributed by atoms with Crippen molar-refractivity contribution in [1.29, 1.82) is 0 Å². The van der Waals surface area contributed by atoms with Gasteiger partial charge in [-0.05, 0) is 38.6 Å². The van der Waals surface area contributed by atoms with Gasteiger partial charge in [-0.25, -0.2) is 9.37 Å². The fourth-order valence-electron chi connectivity index (χ4n) is 4.32. The van der Waals surface area contributed by atoms with Gasteiger partial charge in [-0.3, -0.25) is 9.59 Å². The zero-order valence-electron chi connectivity index (χ0n) is 18.6. The van der Waals surface area contributed by atoms with Crippen LogP contribution in [0.4, 0.5) is 21.7 Å². The minimum atomic E-state index is -1.00. The molecule has 1 saturated heterocycles. The lowest BCUT2D eigenvalue weighted by Gasteiger charge is -2.31. The van der Waals surface area contributed by atoms with Crippen molar-refractivity contribution in [1.82, 2.24) is 29.4 Å². The summed E-state index contributed by atoms with van der Waals surface area (Å²) in [6.07, 6.45) is 4.56. The number of hydrogen-bond acceptors (Lipinski definition) is 7. The molecule has 1 saturated carbocycles. The molecule has 0 radical (unpaired) electrons. The Balaban J connectivity index is 1.46. The maximum Gasteiger partial charge on any atom is 0.274 e. The highest BCUT2D eigenvalue weighted by atomic mass is 19.1. The first-order valence-corrected chi connectivity index (χ1v) is 11.1. The van der Waals surface area contributed by atoms with Crippen LogP contribution < -0.4 is 21.5 Å². The molecule has 0 unspecified atom stereocenters. The third kappa shape index (κ3) is 4.15. The second-order valence-electron chi connectivity index (χ2n) is 8.72. The predicted octanol–water partition coefficient (Wildman–Crippen LogP) is 1.78. The molecule has 5 rings (SSSR count). The number of nitrogens with one attached hydrogen (secondary N) is 3. The molecule has 3 atom stereocenters. The fraction of sp³-hybridized carbons (Fsp3) is 0.455. The number of nitrogens with zero attached hydrogens (tertiary/aromatic N) is 5. The van der Waals surface area contributed by atoms with Gasteiger partial charge in [-0.2, -0.15) is 9.61 Å². The molecule has 10 nitrogen and oxygen atoms in total. The third-order valence-corrected chi connectivity index (χ3v) is 6.23. The van der Waals surface area contributed by atoms with Gasteiger partial charge in [0, 0.05) is 38.3 Å². The van der Waals surface area contributed by atoms with Crippen molar-refractivity contribution < 1.29 is 9.18 Å². The number of carbonyl (C=O) groups is 1. The van der Waals surface area contributed by atoms with Crippen LogP contribution in [0.1, 0.15) is 35.7 Å². The average Bonchev–Trinajstić information content (AvgIpc) is 3.31. The van der Waals surface area contributed by atoms with E-state index in [4.69, 9.17) is 0 Å². The number of likely N-dealkylation sites (tertiary alicyclic amines) is 1. The van der Waals surface area contributed by atoms with Gasteiger partial charge in [0.1, 0.15) is 29.1 Å². The highest BCUT2D eigenvalue weighted by Crippen LogP contribution is 2.26. The number of carbonyl (C=O) groups excluding carboxylic acids is 1. The van der Waals surface area contributed by atoms with E-state index < -0.39 is 18.1 Å². The Morgan fingerprint density at radius 2 is 2.15 bits per heavy atom. The lowest BCUT2D eigenvalue weighted by molar-refractivity contribution is 0.0949. The van der Waals surface area contributed by atoms with Crippen LogP contribution in [0.3, 0.4) is 0 Å². The molecule has 3 aromatic rings. The van der Waals surface area contributed by atoms with Gasteiger partial charge in [0.05, 0.1) is 12.2 Å². The third-order valence-electron chi connectivity index (χ3n) is 6.23. The van der Waals surface area contributed by atoms with Crippen LogP contribution in [0.25, 0.3) is 5.65 Å². The molecular formula is C22H27FN8O2. The zero-order valence-corrected chi connectivity index (χ0v) is 18.6. The molecule has 0 spiro atoms. The number of anilines is 3. The van der Waals surface area contributed by atoms with E-state index in [9.17, 15) is 14.0 Å². The Labute approximate surface area is 189 Å². The second-order valence-corrected chi connectivity index (χ2v) is 8.72. The normalized spacial score (nSPS) is 22.8. The molecule has 2 aliphatic rings. The number of alkyl halides is 1. The smallest absolute Gasteiger partial charge is 0.274 e. The molecule has 0 aromatic carbocycles. The van der Waals surface area contributed by atoms with Crippen molar-refractivity contribution in [2.45, 2.75) is 37.5 Å². The molecule has 33 heavy (non-hydrogen) atoms. The SMILES string of the molecule is CNc1cc(Nc2cccn([C@H]3CCCN(C)C3)c2=O)nc2c(C(=O)N[C@@H]3C[C@@H]3F)cnn12. The molecule has 3 aromatic heterocycles. The minimum Gasteiger partial charge on any atom is -0.373 e. The van der Waals surface area contributed by atoms with Crippen LogP contribution in [-0.2, 0) is 0 Å². The van der Waals surface area contributed by atoms with Crippen molar-refractivity contribution in [2.75, 3.05) is 37.8 Å². The average molecular weight is 455 g/mol. The van der Waals surface area contributed by atoms with Crippen LogP contribution in [-0.4, -0.2) is 69.4 Å². The number of likely N-dealkylation sites (N-methyl/N-ethyl adjacent to an activating group) is 1. The van der Waals surface area contributed by atoms with Gasteiger partial charge in [-0.1, -0.05) is 0 Å². The standard InChI is InChI=1S/C22H27FN8O2/c1-24-19-10-18(28-20-14(11-25-31(19)20)21(32)27-17-9-15(17)23)26-16-6-4-8-30(22(16)33)13-5-3-7-29(2)12-13/h4,6,8,10-11,13,15,17,24H,3,5,7,9,12H2,1-2H3,(H,26,28)(H,27,32)/t13-,15-,17+/m0/s1. The second kappa shape index (κ2) is 8.47. The molecule has 0 bridgehead atoms. The Bertz CT molecular complexity index is 1250. The summed E-state index contributed by atoms with van der Waals surface area (Å²) >= 11 is 0. The Morgan fingerprint density at radius 3 is 2.88 bits per heavy atom. The van der Waals surface area contributed by atoms with E-state index in [1.807, 2.05) is 12.3 Å². The first-order valence-electron chi connectivity index (χ1n) is 11.1. The molecule has 1 amide bonds. The molecule has 174 valence electrons. The number of pyridine rings is 1. The molecule has 11 heteroatoms. The van der Waals surface area contributed by atoms with E-state index in [1.54, 1.807) is 23.7 Å². The summed E-state index contributed by atoms with van der Waals surface area (Å²) in [5.74, 6) is 0.554. The van der Waals surface area contributed by atoms with Gasteiger partial charge in [-0.15, -0.1) is 0 Å². The molecule has 4 heterocycles. The molecular weight excluding hydrogens is 427 g/mol. The summed E-state index contributed by atoms with van der Waals surface area (Å²) in [7, 11) is 3.79. The van der Waals surface area contributed by atoms with Crippen molar-refractivity contribution >= 4 is 28.9 Å². The summed E-state index contributed by atoms with van der Waals surface area (Å²) in [6.45, 7) is 1.86. The lowest BCUT2D eigenvalue weighted by atomic mass is 10.1. The highest BCUT2D eigenvalue weighted by molar-refractivity contribution is 6.00. The van der Waals surface area contributed by atoms with Crippen LogP contribution >= 0.6 is 0 Å². The topological polar surface area (TPSA) is 109 Å². The molecule has 1 aliphatic carbocycles. The van der Waals surface area contributed by atoms with Crippen molar-refractivity contribution in [2.24, 2.45) is 0 Å². The largest absolute Gasteiger partial charge is 0.373 e. The van der Waals surface area contributed by atoms with E-state index in [0.29, 0.717) is 29.4 Å². The Morgan fingerprint density at radius 1 is 1.33 bits per heavy atom. The Hall–Kier alpha value is -3.47. The quantitative estimate of drug-likeness (QED) is 0.521. The maximum atomic E-state index is 13.2. The van der Waals surface area contributed by atoms with E-state index in [0.717, 1.165) is 25.9 Å². The number of piperidine rings is 1. The number of halogens is 1. The summed E-state index contributed by atoms with van der Waals surface area (Å²) in [6, 6.07) is 4.93. The zero-order chi connectivity index (χ0) is 23.1. The van der Waals surface area contributed by atoms with Gasteiger partial charge in [0.2, 0.25) is 0 Å². The number of rotatable bonds is 6. The van der Waals surface area contributed by atoms with Gasteiger partial charge in [0.25, 0.3) is 11.5 Å². The van der Waals surface area contributed by atoms with Gasteiger partial charge in [0.15, 0.2) is 5.65 Å².